The summed E-state index contributed by atoms with van der Waals surface area (Å²) >= 11 is 3.56. The fraction of sp³-hybridized carbons (Fsp3) is 0.368. The third-order valence-corrected chi connectivity index (χ3v) is 4.50. The van der Waals surface area contributed by atoms with Crippen LogP contribution in [-0.4, -0.2) is 0 Å². The number of halogens is 1. The van der Waals surface area contributed by atoms with Gasteiger partial charge in [0.15, 0.2) is 0 Å². The average molecular weight is 346 g/mol. The van der Waals surface area contributed by atoms with Crippen molar-refractivity contribution in [3.63, 3.8) is 0 Å². The van der Waals surface area contributed by atoms with Crippen LogP contribution >= 0.6 is 15.9 Å². The van der Waals surface area contributed by atoms with Crippen LogP contribution < -0.4 is 5.32 Å². The van der Waals surface area contributed by atoms with Crippen molar-refractivity contribution in [2.45, 2.75) is 46.2 Å². The first kappa shape index (κ1) is 16.3. The molecule has 21 heavy (non-hydrogen) atoms. The minimum atomic E-state index is 0.342. The summed E-state index contributed by atoms with van der Waals surface area (Å²) in [5, 5.41) is 3.77. The molecule has 1 N–H and O–H groups in total. The lowest BCUT2D eigenvalue weighted by molar-refractivity contribution is 0.455. The molecule has 0 aliphatic carbocycles. The zero-order chi connectivity index (χ0) is 15.4. The van der Waals surface area contributed by atoms with Gasteiger partial charge in [0.25, 0.3) is 0 Å². The molecule has 0 heterocycles. The van der Waals surface area contributed by atoms with Gasteiger partial charge in [-0.1, -0.05) is 58.7 Å². The van der Waals surface area contributed by atoms with Gasteiger partial charge in [-0.2, -0.15) is 0 Å². The summed E-state index contributed by atoms with van der Waals surface area (Å²) in [6.45, 7) is 8.82. The SMILES string of the molecule is CCC(NC(C)c1ccc(C)cc1C)c1cccc(Br)c1. The van der Waals surface area contributed by atoms with E-state index in [1.807, 2.05) is 0 Å². The first-order valence-electron chi connectivity index (χ1n) is 7.60. The van der Waals surface area contributed by atoms with Crippen molar-refractivity contribution in [1.29, 1.82) is 0 Å². The van der Waals surface area contributed by atoms with Crippen LogP contribution in [0.4, 0.5) is 0 Å². The summed E-state index contributed by atoms with van der Waals surface area (Å²) < 4.78 is 1.14. The van der Waals surface area contributed by atoms with Crippen LogP contribution in [0.5, 0.6) is 0 Å². The van der Waals surface area contributed by atoms with Crippen LogP contribution in [-0.2, 0) is 0 Å². The van der Waals surface area contributed by atoms with Crippen LogP contribution in [0.15, 0.2) is 46.9 Å². The molecule has 0 aromatic heterocycles. The zero-order valence-corrected chi connectivity index (χ0v) is 14.9. The second-order valence-electron chi connectivity index (χ2n) is 5.76. The van der Waals surface area contributed by atoms with Gasteiger partial charge in [0, 0.05) is 16.6 Å². The first-order chi connectivity index (χ1) is 10.0. The Bertz CT molecular complexity index is 606. The molecular weight excluding hydrogens is 322 g/mol. The smallest absolute Gasteiger partial charge is 0.0323 e. The quantitative estimate of drug-likeness (QED) is 0.714. The van der Waals surface area contributed by atoms with E-state index in [2.05, 4.69) is 91.4 Å². The van der Waals surface area contributed by atoms with Gasteiger partial charge in [0.1, 0.15) is 0 Å². The molecule has 0 fully saturated rings. The van der Waals surface area contributed by atoms with Gasteiger partial charge in [0.05, 0.1) is 0 Å². The van der Waals surface area contributed by atoms with Crippen molar-refractivity contribution >= 4 is 15.9 Å². The molecule has 0 spiro atoms. The van der Waals surface area contributed by atoms with E-state index in [-0.39, 0.29) is 0 Å². The highest BCUT2D eigenvalue weighted by atomic mass is 79.9. The molecule has 1 nitrogen and oxygen atoms in total. The Morgan fingerprint density at radius 2 is 1.86 bits per heavy atom. The van der Waals surface area contributed by atoms with Gasteiger partial charge in [0.2, 0.25) is 0 Å². The van der Waals surface area contributed by atoms with E-state index in [9.17, 15) is 0 Å². The lowest BCUT2D eigenvalue weighted by Crippen LogP contribution is -2.24. The second-order valence-corrected chi connectivity index (χ2v) is 6.68. The molecule has 2 atom stereocenters. The predicted octanol–water partition coefficient (Wildman–Crippen LogP) is 5.87. The molecule has 2 heteroatoms. The fourth-order valence-electron chi connectivity index (χ4n) is 2.88. The molecular formula is C19H24BrN. The van der Waals surface area contributed by atoms with E-state index in [4.69, 9.17) is 0 Å². The minimum absolute atomic E-state index is 0.342. The van der Waals surface area contributed by atoms with Gasteiger partial charge in [-0.05, 0) is 56.0 Å². The molecule has 0 aliphatic rings. The maximum atomic E-state index is 3.77. The van der Waals surface area contributed by atoms with E-state index < -0.39 is 0 Å². The van der Waals surface area contributed by atoms with Crippen LogP contribution in [0.3, 0.4) is 0 Å². The topological polar surface area (TPSA) is 12.0 Å². The maximum Gasteiger partial charge on any atom is 0.0323 e. The number of benzene rings is 2. The molecule has 0 radical (unpaired) electrons. The predicted molar refractivity (Wildman–Crippen MR) is 94.6 cm³/mol. The Hall–Kier alpha value is -1.12. The van der Waals surface area contributed by atoms with Crippen molar-refractivity contribution in [2.24, 2.45) is 0 Å². The molecule has 0 saturated heterocycles. The normalized spacial score (nSPS) is 14.0. The number of rotatable bonds is 5. The van der Waals surface area contributed by atoms with E-state index in [1.54, 1.807) is 0 Å². The van der Waals surface area contributed by atoms with E-state index in [1.165, 1.54) is 22.3 Å². The monoisotopic (exact) mass is 345 g/mol. The van der Waals surface area contributed by atoms with Crippen molar-refractivity contribution < 1.29 is 0 Å². The van der Waals surface area contributed by atoms with Crippen molar-refractivity contribution in [2.75, 3.05) is 0 Å². The maximum absolute atomic E-state index is 3.77. The summed E-state index contributed by atoms with van der Waals surface area (Å²) in [4.78, 5) is 0. The summed E-state index contributed by atoms with van der Waals surface area (Å²) in [7, 11) is 0. The lowest BCUT2D eigenvalue weighted by Gasteiger charge is -2.24. The third kappa shape index (κ3) is 4.18. The first-order valence-corrected chi connectivity index (χ1v) is 8.39. The van der Waals surface area contributed by atoms with Gasteiger partial charge < -0.3 is 5.32 Å². The minimum Gasteiger partial charge on any atom is -0.303 e. The number of nitrogens with one attached hydrogen (secondary N) is 1. The second kappa shape index (κ2) is 7.24. The zero-order valence-electron chi connectivity index (χ0n) is 13.3. The van der Waals surface area contributed by atoms with Crippen LogP contribution in [0.2, 0.25) is 0 Å². The van der Waals surface area contributed by atoms with Crippen molar-refractivity contribution in [1.82, 2.24) is 5.32 Å². The number of hydrogen-bond acceptors (Lipinski definition) is 1. The molecule has 112 valence electrons. The Kier molecular flexibility index (Phi) is 5.60. The van der Waals surface area contributed by atoms with Gasteiger partial charge >= 0.3 is 0 Å². The molecule has 2 rings (SSSR count). The van der Waals surface area contributed by atoms with E-state index in [0.29, 0.717) is 12.1 Å². The highest BCUT2D eigenvalue weighted by Crippen LogP contribution is 2.26. The summed E-state index contributed by atoms with van der Waals surface area (Å²) in [5.74, 6) is 0. The van der Waals surface area contributed by atoms with E-state index in [0.717, 1.165) is 10.9 Å². The highest BCUT2D eigenvalue weighted by Gasteiger charge is 2.15. The summed E-state index contributed by atoms with van der Waals surface area (Å²) in [5.41, 5.74) is 5.40. The summed E-state index contributed by atoms with van der Waals surface area (Å²) in [6.07, 6.45) is 1.08. The third-order valence-electron chi connectivity index (χ3n) is 4.00. The highest BCUT2D eigenvalue weighted by molar-refractivity contribution is 9.10. The van der Waals surface area contributed by atoms with E-state index >= 15 is 0 Å². The van der Waals surface area contributed by atoms with Crippen LogP contribution in [0.25, 0.3) is 0 Å². The molecule has 0 amide bonds. The number of hydrogen-bond donors (Lipinski definition) is 1. The van der Waals surface area contributed by atoms with Gasteiger partial charge in [-0.15, -0.1) is 0 Å². The van der Waals surface area contributed by atoms with Gasteiger partial charge in [-0.25, -0.2) is 0 Å². The molecule has 2 unspecified atom stereocenters. The Morgan fingerprint density at radius 1 is 1.10 bits per heavy atom. The average Bonchev–Trinajstić information content (AvgIpc) is 2.44. The van der Waals surface area contributed by atoms with Gasteiger partial charge in [-0.3, -0.25) is 0 Å². The standard InChI is InChI=1S/C19H24BrN/c1-5-19(16-7-6-8-17(20)12-16)21-15(4)18-10-9-13(2)11-14(18)3/h6-12,15,19,21H,5H2,1-4H3. The molecule has 2 aromatic carbocycles. The molecule has 0 saturated carbocycles. The summed E-state index contributed by atoms with van der Waals surface area (Å²) in [6, 6.07) is 16.0. The Balaban J connectivity index is 2.18. The molecule has 0 aliphatic heterocycles. The Labute approximate surface area is 136 Å². The Morgan fingerprint density at radius 3 is 2.48 bits per heavy atom. The van der Waals surface area contributed by atoms with Crippen LogP contribution in [0, 0.1) is 13.8 Å². The lowest BCUT2D eigenvalue weighted by atomic mass is 9.97. The number of aryl methyl sites for hydroxylation is 2. The molecule has 0 bridgehead atoms. The van der Waals surface area contributed by atoms with Crippen LogP contribution in [0.1, 0.15) is 54.6 Å². The largest absolute Gasteiger partial charge is 0.303 e. The van der Waals surface area contributed by atoms with Crippen molar-refractivity contribution in [3.8, 4) is 0 Å². The fourth-order valence-corrected chi connectivity index (χ4v) is 3.29. The van der Waals surface area contributed by atoms with Crippen molar-refractivity contribution in [3.05, 3.63) is 69.2 Å². The molecule has 2 aromatic rings.